The maximum Gasteiger partial charge on any atom is 0.166 e. The predicted octanol–water partition coefficient (Wildman–Crippen LogP) is 1.38. The Hall–Kier alpha value is 0. The molecule has 3 nitrogen and oxygen atoms in total. The van der Waals surface area contributed by atoms with Gasteiger partial charge in [0.1, 0.15) is 0 Å². The van der Waals surface area contributed by atoms with Gasteiger partial charge in [-0.05, 0) is 37.7 Å². The van der Waals surface area contributed by atoms with Gasteiger partial charge in [0.05, 0.1) is 6.61 Å². The second-order valence-electron chi connectivity index (χ2n) is 3.76. The van der Waals surface area contributed by atoms with E-state index in [0.717, 1.165) is 16.9 Å². The van der Waals surface area contributed by atoms with Crippen LogP contribution in [0.5, 0.6) is 0 Å². The van der Waals surface area contributed by atoms with Crippen LogP contribution in [-0.2, 0) is 4.74 Å². The lowest BCUT2D eigenvalue weighted by molar-refractivity contribution is 0.204. The average molecular weight is 248 g/mol. The van der Waals surface area contributed by atoms with Crippen LogP contribution in [0, 0.1) is 0 Å². The second kappa shape index (κ2) is 7.30. The van der Waals surface area contributed by atoms with Crippen molar-refractivity contribution in [2.45, 2.75) is 30.6 Å². The van der Waals surface area contributed by atoms with E-state index in [4.69, 9.17) is 17.0 Å². The summed E-state index contributed by atoms with van der Waals surface area (Å²) in [5.41, 5.74) is 0. The molecule has 2 atom stereocenters. The predicted molar refractivity (Wildman–Crippen MR) is 70.6 cm³/mol. The van der Waals surface area contributed by atoms with Gasteiger partial charge in [0.2, 0.25) is 0 Å². The molecule has 1 aliphatic rings. The molecular weight excluding hydrogens is 228 g/mol. The monoisotopic (exact) mass is 248 g/mol. The summed E-state index contributed by atoms with van der Waals surface area (Å²) in [6.45, 7) is 1.47. The van der Waals surface area contributed by atoms with E-state index in [0.29, 0.717) is 12.6 Å². The van der Waals surface area contributed by atoms with Gasteiger partial charge in [0, 0.05) is 24.9 Å². The zero-order valence-electron chi connectivity index (χ0n) is 9.41. The molecular formula is C10H20N2OS2. The summed E-state index contributed by atoms with van der Waals surface area (Å²) in [6, 6.07) is 0.560. The highest BCUT2D eigenvalue weighted by atomic mass is 32.2. The molecule has 0 heterocycles. The molecule has 88 valence electrons. The van der Waals surface area contributed by atoms with Gasteiger partial charge >= 0.3 is 0 Å². The van der Waals surface area contributed by atoms with Crippen LogP contribution in [0.1, 0.15) is 19.3 Å². The summed E-state index contributed by atoms with van der Waals surface area (Å²) < 4.78 is 4.94. The fourth-order valence-electron chi connectivity index (χ4n) is 1.79. The fraction of sp³-hybridized carbons (Fsp3) is 0.900. The Bertz CT molecular complexity index is 202. The van der Waals surface area contributed by atoms with Crippen LogP contribution in [-0.4, -0.2) is 42.9 Å². The van der Waals surface area contributed by atoms with Crippen molar-refractivity contribution >= 4 is 29.1 Å². The first-order valence-electron chi connectivity index (χ1n) is 5.32. The van der Waals surface area contributed by atoms with Crippen molar-refractivity contribution in [2.75, 3.05) is 26.5 Å². The third-order valence-corrected chi connectivity index (χ3v) is 4.00. The number of nitrogens with one attached hydrogen (secondary N) is 2. The number of hydrogen-bond donors (Lipinski definition) is 2. The molecule has 0 saturated heterocycles. The van der Waals surface area contributed by atoms with Gasteiger partial charge in [-0.1, -0.05) is 0 Å². The van der Waals surface area contributed by atoms with Gasteiger partial charge in [-0.2, -0.15) is 11.8 Å². The maximum absolute atomic E-state index is 5.19. The standard InChI is InChI=1S/C10H20N2OS2/c1-13-6-5-11-10(14)12-8-3-4-9(7-8)15-2/h8-9H,3-7H2,1-2H3,(H2,11,12,14). The summed E-state index contributed by atoms with van der Waals surface area (Å²) in [7, 11) is 1.69. The Kier molecular flexibility index (Phi) is 6.36. The van der Waals surface area contributed by atoms with Gasteiger partial charge < -0.3 is 15.4 Å². The van der Waals surface area contributed by atoms with Gasteiger partial charge in [-0.3, -0.25) is 0 Å². The zero-order valence-corrected chi connectivity index (χ0v) is 11.0. The van der Waals surface area contributed by atoms with Crippen molar-refractivity contribution in [1.82, 2.24) is 10.6 Å². The van der Waals surface area contributed by atoms with Gasteiger partial charge in [0.15, 0.2) is 5.11 Å². The van der Waals surface area contributed by atoms with Gasteiger partial charge in [-0.15, -0.1) is 0 Å². The minimum atomic E-state index is 0.560. The quantitative estimate of drug-likeness (QED) is 0.567. The van der Waals surface area contributed by atoms with E-state index in [1.807, 2.05) is 11.8 Å². The van der Waals surface area contributed by atoms with Gasteiger partial charge in [-0.25, -0.2) is 0 Å². The summed E-state index contributed by atoms with van der Waals surface area (Å²) in [6.07, 6.45) is 5.95. The van der Waals surface area contributed by atoms with E-state index in [2.05, 4.69) is 16.9 Å². The van der Waals surface area contributed by atoms with Crippen molar-refractivity contribution in [3.63, 3.8) is 0 Å². The van der Waals surface area contributed by atoms with E-state index < -0.39 is 0 Å². The minimum Gasteiger partial charge on any atom is -0.383 e. The van der Waals surface area contributed by atoms with Crippen LogP contribution in [0.15, 0.2) is 0 Å². The molecule has 1 rings (SSSR count). The molecule has 0 aromatic carbocycles. The molecule has 0 radical (unpaired) electrons. The summed E-state index contributed by atoms with van der Waals surface area (Å²) >= 11 is 7.16. The van der Waals surface area contributed by atoms with Crippen molar-refractivity contribution in [1.29, 1.82) is 0 Å². The van der Waals surface area contributed by atoms with Gasteiger partial charge in [0.25, 0.3) is 0 Å². The molecule has 1 aliphatic carbocycles. The van der Waals surface area contributed by atoms with Crippen LogP contribution in [0.3, 0.4) is 0 Å². The van der Waals surface area contributed by atoms with Crippen LogP contribution < -0.4 is 10.6 Å². The molecule has 0 spiro atoms. The number of ether oxygens (including phenoxy) is 1. The highest BCUT2D eigenvalue weighted by Gasteiger charge is 2.23. The summed E-state index contributed by atoms with van der Waals surface area (Å²) in [4.78, 5) is 0. The lowest BCUT2D eigenvalue weighted by atomic mass is 10.3. The number of methoxy groups -OCH3 is 1. The first kappa shape index (κ1) is 13.1. The van der Waals surface area contributed by atoms with Crippen LogP contribution in [0.4, 0.5) is 0 Å². The molecule has 15 heavy (non-hydrogen) atoms. The van der Waals surface area contributed by atoms with E-state index in [1.165, 1.54) is 19.3 Å². The third-order valence-electron chi connectivity index (χ3n) is 2.64. The molecule has 1 fully saturated rings. The lowest BCUT2D eigenvalue weighted by Gasteiger charge is -2.16. The van der Waals surface area contributed by atoms with Crippen molar-refractivity contribution in [2.24, 2.45) is 0 Å². The average Bonchev–Trinajstić information content (AvgIpc) is 2.66. The van der Waals surface area contributed by atoms with Crippen LogP contribution >= 0.6 is 24.0 Å². The van der Waals surface area contributed by atoms with E-state index in [1.54, 1.807) is 7.11 Å². The molecule has 2 N–H and O–H groups in total. The molecule has 0 aromatic rings. The number of hydrogen-bond acceptors (Lipinski definition) is 3. The fourth-order valence-corrected chi connectivity index (χ4v) is 2.85. The zero-order chi connectivity index (χ0) is 11.1. The molecule has 0 amide bonds. The molecule has 1 saturated carbocycles. The van der Waals surface area contributed by atoms with E-state index in [9.17, 15) is 0 Å². The Morgan fingerprint density at radius 1 is 1.53 bits per heavy atom. The Morgan fingerprint density at radius 2 is 2.33 bits per heavy atom. The number of thioether (sulfide) groups is 1. The highest BCUT2D eigenvalue weighted by molar-refractivity contribution is 7.99. The topological polar surface area (TPSA) is 33.3 Å². The normalized spacial score (nSPS) is 25.2. The van der Waals surface area contributed by atoms with Crippen molar-refractivity contribution < 1.29 is 4.74 Å². The highest BCUT2D eigenvalue weighted by Crippen LogP contribution is 2.27. The first-order valence-corrected chi connectivity index (χ1v) is 7.02. The number of thiocarbonyl (C=S) groups is 1. The molecule has 0 bridgehead atoms. The van der Waals surface area contributed by atoms with Crippen molar-refractivity contribution in [3.8, 4) is 0 Å². The molecule has 2 unspecified atom stereocenters. The third kappa shape index (κ3) is 5.04. The van der Waals surface area contributed by atoms with E-state index in [-0.39, 0.29) is 0 Å². The summed E-state index contributed by atoms with van der Waals surface area (Å²) in [5.74, 6) is 0. The maximum atomic E-state index is 5.19. The second-order valence-corrected chi connectivity index (χ2v) is 5.31. The summed E-state index contributed by atoms with van der Waals surface area (Å²) in [5, 5.41) is 8.06. The lowest BCUT2D eigenvalue weighted by Crippen LogP contribution is -2.42. The first-order chi connectivity index (χ1) is 7.26. The Morgan fingerprint density at radius 3 is 2.93 bits per heavy atom. The SMILES string of the molecule is COCCNC(=S)NC1CCC(SC)C1. The van der Waals surface area contributed by atoms with Crippen LogP contribution in [0.2, 0.25) is 0 Å². The van der Waals surface area contributed by atoms with Crippen LogP contribution in [0.25, 0.3) is 0 Å². The molecule has 0 aromatic heterocycles. The number of rotatable bonds is 5. The largest absolute Gasteiger partial charge is 0.383 e. The Balaban J connectivity index is 2.10. The molecule has 0 aliphatic heterocycles. The minimum absolute atomic E-state index is 0.560. The van der Waals surface area contributed by atoms with E-state index >= 15 is 0 Å². The molecule has 5 heteroatoms. The van der Waals surface area contributed by atoms with Crippen molar-refractivity contribution in [3.05, 3.63) is 0 Å². The Labute approximate surface area is 102 Å². The smallest absolute Gasteiger partial charge is 0.166 e.